The summed E-state index contributed by atoms with van der Waals surface area (Å²) in [4.78, 5) is 44.0. The summed E-state index contributed by atoms with van der Waals surface area (Å²) in [5.74, 6) is 1.29. The minimum atomic E-state index is -0.545. The number of fused-ring (bicyclic) bond motifs is 1. The van der Waals surface area contributed by atoms with E-state index in [4.69, 9.17) is 11.6 Å². The van der Waals surface area contributed by atoms with Crippen molar-refractivity contribution in [2.45, 2.75) is 71.4 Å². The first kappa shape index (κ1) is 32.2. The van der Waals surface area contributed by atoms with Crippen molar-refractivity contribution in [2.75, 3.05) is 57.8 Å². The molecule has 0 spiro atoms. The van der Waals surface area contributed by atoms with Crippen LogP contribution in [0.2, 0.25) is 5.02 Å². The van der Waals surface area contributed by atoms with Crippen LogP contribution in [0.5, 0.6) is 0 Å². The lowest BCUT2D eigenvalue weighted by Gasteiger charge is -2.39. The van der Waals surface area contributed by atoms with Crippen molar-refractivity contribution in [1.82, 2.24) is 24.7 Å². The molecule has 1 aromatic heterocycles. The highest BCUT2D eigenvalue weighted by Gasteiger charge is 2.35. The van der Waals surface area contributed by atoms with Gasteiger partial charge in [-0.25, -0.2) is 9.97 Å². The number of carbonyl (C=O) groups is 2. The summed E-state index contributed by atoms with van der Waals surface area (Å²) in [7, 11) is 1.86. The Bertz CT molecular complexity index is 1220. The van der Waals surface area contributed by atoms with Gasteiger partial charge >= 0.3 is 0 Å². The molecule has 1 N–H and O–H groups in total. The number of anilines is 1. The highest BCUT2D eigenvalue weighted by molar-refractivity contribution is 6.30. The molecule has 230 valence electrons. The second-order valence-electron chi connectivity index (χ2n) is 12.6. The summed E-state index contributed by atoms with van der Waals surface area (Å²) in [6.45, 7) is 14.9. The predicted octanol–water partition coefficient (Wildman–Crippen LogP) is 4.32. The maximum absolute atomic E-state index is 14.2. The van der Waals surface area contributed by atoms with E-state index in [2.05, 4.69) is 54.4 Å². The molecule has 2 aromatic rings. The van der Waals surface area contributed by atoms with Gasteiger partial charge in [0.25, 0.3) is 0 Å². The van der Waals surface area contributed by atoms with Crippen molar-refractivity contribution in [3.8, 4) is 0 Å². The summed E-state index contributed by atoms with van der Waals surface area (Å²) in [6.07, 6.45) is 2.19. The van der Waals surface area contributed by atoms with Crippen molar-refractivity contribution in [3.63, 3.8) is 0 Å². The van der Waals surface area contributed by atoms with E-state index in [0.29, 0.717) is 69.6 Å². The zero-order valence-electron chi connectivity index (χ0n) is 26.0. The number of halogens is 1. The van der Waals surface area contributed by atoms with E-state index in [0.717, 1.165) is 22.6 Å². The quantitative estimate of drug-likeness (QED) is 0.412. The van der Waals surface area contributed by atoms with E-state index in [1.165, 1.54) is 6.33 Å². The Balaban J connectivity index is 1.47. The maximum Gasteiger partial charge on any atom is 0.231 e. The highest BCUT2D eigenvalue weighted by Crippen LogP contribution is 2.42. The number of benzene rings is 1. The average molecular weight is 599 g/mol. The van der Waals surface area contributed by atoms with Crippen LogP contribution in [0.25, 0.3) is 0 Å². The van der Waals surface area contributed by atoms with Gasteiger partial charge in [-0.15, -0.1) is 0 Å². The van der Waals surface area contributed by atoms with Gasteiger partial charge in [0, 0.05) is 75.9 Å². The van der Waals surface area contributed by atoms with Gasteiger partial charge in [0.1, 0.15) is 12.1 Å². The van der Waals surface area contributed by atoms with E-state index >= 15 is 0 Å². The predicted molar refractivity (Wildman–Crippen MR) is 167 cm³/mol. The number of nitrogens with zero attached hydrogens (tertiary/aromatic N) is 6. The summed E-state index contributed by atoms with van der Waals surface area (Å²) < 4.78 is 0. The van der Waals surface area contributed by atoms with Crippen LogP contribution in [0.15, 0.2) is 30.6 Å². The third-order valence-corrected chi connectivity index (χ3v) is 8.87. The van der Waals surface area contributed by atoms with Gasteiger partial charge in [-0.2, -0.15) is 0 Å². The first-order valence-corrected chi connectivity index (χ1v) is 15.6. The number of aromatic nitrogens is 2. The monoisotopic (exact) mass is 598 g/mol. The van der Waals surface area contributed by atoms with Crippen molar-refractivity contribution in [3.05, 3.63) is 52.4 Å². The molecule has 1 aromatic carbocycles. The van der Waals surface area contributed by atoms with Crippen LogP contribution in [0.3, 0.4) is 0 Å². The number of hydrogen-bond acceptors (Lipinski definition) is 7. The summed E-state index contributed by atoms with van der Waals surface area (Å²) in [5.41, 5.74) is 2.71. The first-order chi connectivity index (χ1) is 20.0. The molecule has 1 fully saturated rings. The van der Waals surface area contributed by atoms with Crippen LogP contribution in [0, 0.1) is 5.92 Å². The van der Waals surface area contributed by atoms with Crippen LogP contribution in [0.4, 0.5) is 5.82 Å². The van der Waals surface area contributed by atoms with Gasteiger partial charge in [-0.05, 0) is 49.8 Å². The number of hydrogen-bond donors (Lipinski definition) is 1. The third-order valence-electron chi connectivity index (χ3n) is 8.62. The fraction of sp³-hybridized carbons (Fsp3) is 0.625. The van der Waals surface area contributed by atoms with Crippen LogP contribution < -0.4 is 4.90 Å². The Labute approximate surface area is 255 Å². The number of aliphatic hydroxyl groups excluding tert-OH is 1. The maximum atomic E-state index is 14.2. The van der Waals surface area contributed by atoms with Gasteiger partial charge in [-0.3, -0.25) is 14.5 Å². The molecule has 2 amide bonds. The fourth-order valence-electron chi connectivity index (χ4n) is 6.04. The first-order valence-electron chi connectivity index (χ1n) is 15.3. The van der Waals surface area contributed by atoms with Crippen LogP contribution >= 0.6 is 11.6 Å². The van der Waals surface area contributed by atoms with E-state index in [1.54, 1.807) is 4.90 Å². The van der Waals surface area contributed by atoms with Crippen LogP contribution in [0.1, 0.15) is 82.2 Å². The topological polar surface area (TPSA) is 93.1 Å². The molecule has 9 nitrogen and oxygen atoms in total. The SMILES string of the molecule is CC(C)CC(=O)N(C)CCN(C[C@@H](C(=O)N1CCN(c2ncnc3c2[C@H](C)C[C@H]3O)CC1)c1ccc(Cl)cc1)C(C)C. The molecular weight excluding hydrogens is 552 g/mol. The molecule has 0 unspecified atom stereocenters. The minimum Gasteiger partial charge on any atom is -0.387 e. The van der Waals surface area contributed by atoms with Crippen molar-refractivity contribution < 1.29 is 14.7 Å². The Kier molecular flexibility index (Phi) is 10.8. The number of likely N-dealkylation sites (N-methyl/N-ethyl adjacent to an activating group) is 1. The molecule has 0 radical (unpaired) electrons. The smallest absolute Gasteiger partial charge is 0.231 e. The Morgan fingerprint density at radius 1 is 1.05 bits per heavy atom. The number of amides is 2. The van der Waals surface area contributed by atoms with Gasteiger partial charge in [0.2, 0.25) is 11.8 Å². The molecule has 1 aliphatic carbocycles. The molecule has 10 heteroatoms. The lowest BCUT2D eigenvalue weighted by atomic mass is 9.95. The summed E-state index contributed by atoms with van der Waals surface area (Å²) in [5, 5.41) is 11.1. The molecule has 2 heterocycles. The van der Waals surface area contributed by atoms with E-state index in [1.807, 2.05) is 36.2 Å². The van der Waals surface area contributed by atoms with Gasteiger partial charge < -0.3 is 19.8 Å². The standard InChI is InChI=1S/C32H47ClN6O3/c1-21(2)17-28(41)36(6)11-12-39(22(3)4)19-26(24-7-9-25(33)10-8-24)32(42)38-15-13-37(14-16-38)31-29-23(5)18-27(40)30(29)34-20-35-31/h7-10,20-23,26-27,40H,11-19H2,1-6H3/t23-,26-,27-/m1/s1. The van der Waals surface area contributed by atoms with Crippen LogP contribution in [-0.2, 0) is 9.59 Å². The van der Waals surface area contributed by atoms with E-state index in [9.17, 15) is 14.7 Å². The zero-order chi connectivity index (χ0) is 30.6. The van der Waals surface area contributed by atoms with Gasteiger partial charge in [0.05, 0.1) is 17.7 Å². The Morgan fingerprint density at radius 2 is 1.71 bits per heavy atom. The average Bonchev–Trinajstić information content (AvgIpc) is 3.26. The molecule has 1 aliphatic heterocycles. The molecule has 3 atom stereocenters. The van der Waals surface area contributed by atoms with Crippen LogP contribution in [-0.4, -0.2) is 100 Å². The molecule has 4 rings (SSSR count). The largest absolute Gasteiger partial charge is 0.387 e. The number of aliphatic hydroxyl groups is 1. The molecule has 0 bridgehead atoms. The summed E-state index contributed by atoms with van der Waals surface area (Å²) >= 11 is 6.21. The molecule has 42 heavy (non-hydrogen) atoms. The lowest BCUT2D eigenvalue weighted by molar-refractivity contribution is -0.134. The number of rotatable bonds is 11. The zero-order valence-corrected chi connectivity index (χ0v) is 26.7. The molecule has 2 aliphatic rings. The molecule has 0 saturated carbocycles. The number of piperazine rings is 1. The highest BCUT2D eigenvalue weighted by atomic mass is 35.5. The Hall–Kier alpha value is -2.75. The minimum absolute atomic E-state index is 0.101. The molecular formula is C32H47ClN6O3. The third kappa shape index (κ3) is 7.60. The van der Waals surface area contributed by atoms with Crippen molar-refractivity contribution >= 4 is 29.2 Å². The molecule has 1 saturated heterocycles. The summed E-state index contributed by atoms with van der Waals surface area (Å²) in [6, 6.07) is 7.80. The van der Waals surface area contributed by atoms with E-state index < -0.39 is 6.10 Å². The number of carbonyl (C=O) groups excluding carboxylic acids is 2. The van der Waals surface area contributed by atoms with Gasteiger partial charge in [-0.1, -0.05) is 44.5 Å². The Morgan fingerprint density at radius 3 is 2.33 bits per heavy atom. The van der Waals surface area contributed by atoms with Crippen molar-refractivity contribution in [2.24, 2.45) is 5.92 Å². The van der Waals surface area contributed by atoms with Gasteiger partial charge in [0.15, 0.2) is 0 Å². The normalized spacial score (nSPS) is 19.5. The van der Waals surface area contributed by atoms with Crippen molar-refractivity contribution in [1.29, 1.82) is 0 Å². The second kappa shape index (κ2) is 14.1. The fourth-order valence-corrected chi connectivity index (χ4v) is 6.16. The second-order valence-corrected chi connectivity index (χ2v) is 13.0. The lowest BCUT2D eigenvalue weighted by Crippen LogP contribution is -2.52. The van der Waals surface area contributed by atoms with E-state index in [-0.39, 0.29) is 29.7 Å².